The number of nitrogen functional groups attached to an aromatic ring is 1. The lowest BCUT2D eigenvalue weighted by atomic mass is 10.2. The molecule has 0 heterocycles. The summed E-state index contributed by atoms with van der Waals surface area (Å²) < 4.78 is 0. The summed E-state index contributed by atoms with van der Waals surface area (Å²) in [6, 6.07) is 14.3. The third-order valence-electron chi connectivity index (χ3n) is 2.20. The summed E-state index contributed by atoms with van der Waals surface area (Å²) in [5.41, 5.74) is 6.61. The molecule has 2 aromatic carbocycles. The highest BCUT2D eigenvalue weighted by atomic mass is 32.2. The summed E-state index contributed by atoms with van der Waals surface area (Å²) >= 11 is 1.51. The van der Waals surface area contributed by atoms with E-state index in [2.05, 4.69) is 0 Å². The van der Waals surface area contributed by atoms with Crippen LogP contribution in [0.3, 0.4) is 0 Å². The van der Waals surface area contributed by atoms with Crippen molar-refractivity contribution in [3.05, 3.63) is 54.1 Å². The van der Waals surface area contributed by atoms with Gasteiger partial charge in [0, 0.05) is 15.5 Å². The molecule has 0 saturated heterocycles. The minimum Gasteiger partial charge on any atom is -0.478 e. The zero-order chi connectivity index (χ0) is 12.3. The second-order valence-electron chi connectivity index (χ2n) is 3.50. The predicted molar refractivity (Wildman–Crippen MR) is 68.4 cm³/mol. The van der Waals surface area contributed by atoms with Gasteiger partial charge in [-0.3, -0.25) is 0 Å². The van der Waals surface area contributed by atoms with Crippen LogP contribution in [0.1, 0.15) is 10.4 Å². The molecule has 0 saturated carbocycles. The van der Waals surface area contributed by atoms with E-state index >= 15 is 0 Å². The highest BCUT2D eigenvalue weighted by Crippen LogP contribution is 2.28. The maximum atomic E-state index is 10.8. The molecule has 3 N–H and O–H groups in total. The van der Waals surface area contributed by atoms with Crippen LogP contribution in [-0.4, -0.2) is 11.1 Å². The molecule has 0 spiro atoms. The maximum Gasteiger partial charge on any atom is 0.335 e. The number of carboxylic acids is 1. The molecule has 0 aliphatic carbocycles. The lowest BCUT2D eigenvalue weighted by Gasteiger charge is -2.03. The molecule has 0 radical (unpaired) electrons. The smallest absolute Gasteiger partial charge is 0.335 e. The molecule has 0 atom stereocenters. The van der Waals surface area contributed by atoms with E-state index in [9.17, 15) is 4.79 Å². The molecule has 4 heteroatoms. The van der Waals surface area contributed by atoms with Crippen LogP contribution in [0.5, 0.6) is 0 Å². The Morgan fingerprint density at radius 3 is 2.41 bits per heavy atom. The van der Waals surface area contributed by atoms with E-state index in [4.69, 9.17) is 10.8 Å². The highest BCUT2D eigenvalue weighted by molar-refractivity contribution is 7.99. The molecule has 3 nitrogen and oxygen atoms in total. The Hall–Kier alpha value is -1.94. The molecule has 2 aromatic rings. The number of anilines is 1. The minimum absolute atomic E-state index is 0.297. The lowest BCUT2D eigenvalue weighted by molar-refractivity contribution is 0.0696. The third kappa shape index (κ3) is 3.01. The van der Waals surface area contributed by atoms with E-state index in [1.54, 1.807) is 18.2 Å². The number of rotatable bonds is 3. The first-order valence-corrected chi connectivity index (χ1v) is 5.83. The normalized spacial score (nSPS) is 10.1. The topological polar surface area (TPSA) is 63.3 Å². The van der Waals surface area contributed by atoms with E-state index in [0.717, 1.165) is 9.79 Å². The molecule has 17 heavy (non-hydrogen) atoms. The Morgan fingerprint density at radius 2 is 1.76 bits per heavy atom. The van der Waals surface area contributed by atoms with Gasteiger partial charge in [0.15, 0.2) is 0 Å². The number of hydrogen-bond acceptors (Lipinski definition) is 3. The first-order valence-electron chi connectivity index (χ1n) is 5.02. The SMILES string of the molecule is Nc1ccc(Sc2cccc(C(=O)O)c2)cc1. The van der Waals surface area contributed by atoms with Crippen molar-refractivity contribution in [1.82, 2.24) is 0 Å². The molecule has 0 aliphatic heterocycles. The van der Waals surface area contributed by atoms with Crippen LogP contribution < -0.4 is 5.73 Å². The molecule has 0 bridgehead atoms. The van der Waals surface area contributed by atoms with Gasteiger partial charge in [-0.15, -0.1) is 0 Å². The molecule has 0 aliphatic rings. The maximum absolute atomic E-state index is 10.8. The van der Waals surface area contributed by atoms with Crippen LogP contribution in [0.25, 0.3) is 0 Å². The van der Waals surface area contributed by atoms with Gasteiger partial charge < -0.3 is 10.8 Å². The van der Waals surface area contributed by atoms with E-state index < -0.39 is 5.97 Å². The molecule has 0 unspecified atom stereocenters. The van der Waals surface area contributed by atoms with Gasteiger partial charge in [0.1, 0.15) is 0 Å². The van der Waals surface area contributed by atoms with Crippen LogP contribution in [0, 0.1) is 0 Å². The van der Waals surface area contributed by atoms with E-state index in [1.165, 1.54) is 11.8 Å². The molecule has 86 valence electrons. The van der Waals surface area contributed by atoms with Gasteiger partial charge in [0.05, 0.1) is 5.56 Å². The molecular weight excluding hydrogens is 234 g/mol. The molecular formula is C13H11NO2S. The zero-order valence-electron chi connectivity index (χ0n) is 8.96. The largest absolute Gasteiger partial charge is 0.478 e. The first kappa shape index (κ1) is 11.5. The summed E-state index contributed by atoms with van der Waals surface area (Å²) in [5.74, 6) is -0.912. The number of benzene rings is 2. The minimum atomic E-state index is -0.912. The Bertz CT molecular complexity index is 537. The number of carboxylic acid groups (broad SMARTS) is 1. The van der Waals surface area contributed by atoms with Crippen LogP contribution in [0.15, 0.2) is 58.3 Å². The van der Waals surface area contributed by atoms with E-state index in [0.29, 0.717) is 11.3 Å². The quantitative estimate of drug-likeness (QED) is 0.815. The van der Waals surface area contributed by atoms with Crippen LogP contribution in [0.2, 0.25) is 0 Å². The zero-order valence-corrected chi connectivity index (χ0v) is 9.78. The summed E-state index contributed by atoms with van der Waals surface area (Å²) in [5, 5.41) is 8.89. The fraction of sp³-hybridized carbons (Fsp3) is 0. The van der Waals surface area contributed by atoms with Gasteiger partial charge in [-0.25, -0.2) is 4.79 Å². The Labute approximate surface area is 103 Å². The summed E-state index contributed by atoms with van der Waals surface area (Å²) in [7, 11) is 0. The van der Waals surface area contributed by atoms with Gasteiger partial charge in [-0.1, -0.05) is 17.8 Å². The monoisotopic (exact) mass is 245 g/mol. The standard InChI is InChI=1S/C13H11NO2S/c14-10-4-6-11(7-5-10)17-12-3-1-2-9(8-12)13(15)16/h1-8H,14H2,(H,15,16). The molecule has 2 rings (SSSR count). The molecule has 0 amide bonds. The van der Waals surface area contributed by atoms with Gasteiger partial charge in [0.2, 0.25) is 0 Å². The second-order valence-corrected chi connectivity index (χ2v) is 4.65. The predicted octanol–water partition coefficient (Wildman–Crippen LogP) is 3.12. The van der Waals surface area contributed by atoms with Crippen LogP contribution in [0.4, 0.5) is 5.69 Å². The second kappa shape index (κ2) is 4.93. The highest BCUT2D eigenvalue weighted by Gasteiger charge is 2.04. The van der Waals surface area contributed by atoms with Crippen molar-refractivity contribution < 1.29 is 9.90 Å². The van der Waals surface area contributed by atoms with Crippen LogP contribution in [-0.2, 0) is 0 Å². The summed E-state index contributed by atoms with van der Waals surface area (Å²) in [6.07, 6.45) is 0. The van der Waals surface area contributed by atoms with Gasteiger partial charge in [0.25, 0.3) is 0 Å². The Balaban J connectivity index is 2.21. The average molecular weight is 245 g/mol. The fourth-order valence-corrected chi connectivity index (χ4v) is 2.24. The van der Waals surface area contributed by atoms with Crippen molar-refractivity contribution in [1.29, 1.82) is 0 Å². The Kier molecular flexibility index (Phi) is 3.35. The van der Waals surface area contributed by atoms with Crippen molar-refractivity contribution in [2.45, 2.75) is 9.79 Å². The van der Waals surface area contributed by atoms with Gasteiger partial charge in [-0.05, 0) is 42.5 Å². The number of carbonyl (C=O) groups is 1. The fourth-order valence-electron chi connectivity index (χ4n) is 1.36. The molecule has 0 fully saturated rings. The third-order valence-corrected chi connectivity index (χ3v) is 3.19. The molecule has 0 aromatic heterocycles. The number of hydrogen-bond donors (Lipinski definition) is 2. The number of nitrogens with two attached hydrogens (primary N) is 1. The van der Waals surface area contributed by atoms with Crippen molar-refractivity contribution in [2.24, 2.45) is 0 Å². The van der Waals surface area contributed by atoms with Gasteiger partial charge in [-0.2, -0.15) is 0 Å². The lowest BCUT2D eigenvalue weighted by Crippen LogP contribution is -1.95. The van der Waals surface area contributed by atoms with E-state index in [-0.39, 0.29) is 0 Å². The van der Waals surface area contributed by atoms with Crippen molar-refractivity contribution in [3.63, 3.8) is 0 Å². The number of aromatic carboxylic acids is 1. The summed E-state index contributed by atoms with van der Waals surface area (Å²) in [6.45, 7) is 0. The van der Waals surface area contributed by atoms with Crippen LogP contribution >= 0.6 is 11.8 Å². The van der Waals surface area contributed by atoms with Crippen molar-refractivity contribution in [2.75, 3.05) is 5.73 Å². The van der Waals surface area contributed by atoms with Crippen molar-refractivity contribution in [3.8, 4) is 0 Å². The first-order chi connectivity index (χ1) is 8.15. The Morgan fingerprint density at radius 1 is 1.06 bits per heavy atom. The van der Waals surface area contributed by atoms with E-state index in [1.807, 2.05) is 30.3 Å². The average Bonchev–Trinajstić information content (AvgIpc) is 2.32. The van der Waals surface area contributed by atoms with Gasteiger partial charge >= 0.3 is 5.97 Å². The summed E-state index contributed by atoms with van der Waals surface area (Å²) in [4.78, 5) is 12.8. The van der Waals surface area contributed by atoms with Crippen molar-refractivity contribution >= 4 is 23.4 Å².